The van der Waals surface area contributed by atoms with Crippen molar-refractivity contribution in [1.29, 1.82) is 0 Å². The fraction of sp³-hybridized carbons (Fsp3) is 0.158. The summed E-state index contributed by atoms with van der Waals surface area (Å²) >= 11 is 0. The molecule has 1 amide bonds. The van der Waals surface area contributed by atoms with Gasteiger partial charge in [0.25, 0.3) is 0 Å². The Hall–Kier alpha value is -5.20. The highest BCUT2D eigenvalue weighted by molar-refractivity contribution is 5.85. The van der Waals surface area contributed by atoms with E-state index in [1.165, 1.54) is 12.0 Å². The summed E-state index contributed by atoms with van der Waals surface area (Å²) in [7, 11) is 1.30. The monoisotopic (exact) mass is 582 g/mol. The average Bonchev–Trinajstić information content (AvgIpc) is 3.41. The van der Waals surface area contributed by atoms with Gasteiger partial charge in [0, 0.05) is 0 Å². The van der Waals surface area contributed by atoms with Crippen molar-refractivity contribution in [1.82, 2.24) is 10.2 Å². The molecule has 220 valence electrons. The van der Waals surface area contributed by atoms with Crippen LogP contribution in [0.15, 0.2) is 140 Å². The Morgan fingerprint density at radius 3 is 1.52 bits per heavy atom. The van der Waals surface area contributed by atoms with Crippen LogP contribution in [0.4, 0.5) is 4.79 Å². The van der Waals surface area contributed by atoms with Crippen LogP contribution in [0.3, 0.4) is 0 Å². The summed E-state index contributed by atoms with van der Waals surface area (Å²) in [5, 5.41) is 14.4. The Kier molecular flexibility index (Phi) is 8.26. The summed E-state index contributed by atoms with van der Waals surface area (Å²) in [6.07, 6.45) is -0.547. The molecule has 2 N–H and O–H groups in total. The largest absolute Gasteiger partial charge is 0.480 e. The molecule has 1 aliphatic rings. The zero-order valence-corrected chi connectivity index (χ0v) is 24.5. The van der Waals surface area contributed by atoms with E-state index < -0.39 is 29.7 Å². The van der Waals surface area contributed by atoms with Crippen molar-refractivity contribution in [3.05, 3.63) is 167 Å². The van der Waals surface area contributed by atoms with Gasteiger partial charge < -0.3 is 9.84 Å². The number of fused-ring (bicyclic) bond motifs is 3. The second kappa shape index (κ2) is 12.6. The molecular formula is C38H34N2O4. The summed E-state index contributed by atoms with van der Waals surface area (Å²) in [5.74, 6) is -1.09. The summed E-state index contributed by atoms with van der Waals surface area (Å²) < 4.78 is 5.24. The highest BCUT2D eigenvalue weighted by Gasteiger charge is 2.43. The van der Waals surface area contributed by atoms with Gasteiger partial charge in [0.1, 0.15) is 6.04 Å². The van der Waals surface area contributed by atoms with Gasteiger partial charge in [-0.25, -0.2) is 9.59 Å². The number of carbonyl (C=O) groups is 2. The van der Waals surface area contributed by atoms with Crippen molar-refractivity contribution in [2.75, 3.05) is 13.7 Å². The van der Waals surface area contributed by atoms with Crippen LogP contribution in [-0.2, 0) is 15.1 Å². The lowest BCUT2D eigenvalue weighted by Gasteiger charge is -2.38. The van der Waals surface area contributed by atoms with E-state index in [4.69, 9.17) is 4.74 Å². The van der Waals surface area contributed by atoms with Gasteiger partial charge in [-0.1, -0.05) is 140 Å². The first-order chi connectivity index (χ1) is 21.6. The molecule has 0 saturated carbocycles. The van der Waals surface area contributed by atoms with Gasteiger partial charge >= 0.3 is 12.1 Å². The minimum absolute atomic E-state index is 0.138. The van der Waals surface area contributed by atoms with Gasteiger partial charge in [0.05, 0.1) is 18.7 Å². The molecule has 0 radical (unpaired) electrons. The fourth-order valence-electron chi connectivity index (χ4n) is 6.60. The number of amides is 1. The van der Waals surface area contributed by atoms with E-state index >= 15 is 0 Å². The van der Waals surface area contributed by atoms with E-state index in [0.29, 0.717) is 6.54 Å². The normalized spacial score (nSPS) is 13.0. The third-order valence-corrected chi connectivity index (χ3v) is 8.51. The first-order valence-electron chi connectivity index (χ1n) is 14.7. The van der Waals surface area contributed by atoms with Gasteiger partial charge in [0.2, 0.25) is 0 Å². The molecular weight excluding hydrogens is 548 g/mol. The molecule has 0 aliphatic heterocycles. The standard InChI is InChI=1S/C38H34N2O4/c1-44-37(43)40(35-32-23-13-11-21-30(32)31-22-12-14-24-33(31)35)34(36(41)42)25-26-39-38(27-15-5-2-6-16-27,28-17-7-3-8-18-28)29-19-9-4-10-20-29/h2-24,34-35,39H,25-26H2,1H3,(H,41,42)/t34-/m1/s1. The second-order valence-electron chi connectivity index (χ2n) is 10.9. The van der Waals surface area contributed by atoms with E-state index in [9.17, 15) is 14.7 Å². The van der Waals surface area contributed by atoms with Gasteiger partial charge in [0.15, 0.2) is 0 Å². The number of carbonyl (C=O) groups excluding carboxylic acids is 1. The number of ether oxygens (including phenoxy) is 1. The summed E-state index contributed by atoms with van der Waals surface area (Å²) in [6.45, 7) is 0.291. The number of benzene rings is 5. The topological polar surface area (TPSA) is 78.9 Å². The first kappa shape index (κ1) is 28.9. The quantitative estimate of drug-likeness (QED) is 0.170. The number of carboxylic acids is 1. The highest BCUT2D eigenvalue weighted by atomic mass is 16.5. The molecule has 5 aromatic carbocycles. The maximum Gasteiger partial charge on any atom is 0.411 e. The molecule has 6 heteroatoms. The molecule has 0 fully saturated rings. The molecule has 6 rings (SSSR count). The molecule has 0 heterocycles. The fourth-order valence-corrected chi connectivity index (χ4v) is 6.60. The molecule has 0 saturated heterocycles. The van der Waals surface area contributed by atoms with Crippen LogP contribution in [0.1, 0.15) is 40.3 Å². The van der Waals surface area contributed by atoms with Crippen LogP contribution < -0.4 is 5.32 Å². The van der Waals surface area contributed by atoms with Crippen LogP contribution in [0, 0.1) is 0 Å². The SMILES string of the molecule is COC(=O)N(C1c2ccccc2-c2ccccc21)[C@H](CCNC(c1ccccc1)(c1ccccc1)c1ccccc1)C(=O)O. The molecule has 5 aromatic rings. The molecule has 6 nitrogen and oxygen atoms in total. The molecule has 0 bridgehead atoms. The summed E-state index contributed by atoms with van der Waals surface area (Å²) in [5.41, 5.74) is 6.03. The van der Waals surface area contributed by atoms with Crippen LogP contribution in [-0.4, -0.2) is 41.8 Å². The van der Waals surface area contributed by atoms with Crippen LogP contribution in [0.25, 0.3) is 11.1 Å². The molecule has 0 unspecified atom stereocenters. The van der Waals surface area contributed by atoms with Crippen molar-refractivity contribution < 1.29 is 19.4 Å². The third kappa shape index (κ3) is 5.14. The van der Waals surface area contributed by atoms with Crippen LogP contribution >= 0.6 is 0 Å². The minimum atomic E-state index is -1.17. The minimum Gasteiger partial charge on any atom is -0.480 e. The van der Waals surface area contributed by atoms with Crippen molar-refractivity contribution in [2.24, 2.45) is 0 Å². The number of methoxy groups -OCH3 is 1. The summed E-state index contributed by atoms with van der Waals surface area (Å²) in [6, 6.07) is 44.4. The first-order valence-corrected chi connectivity index (χ1v) is 14.7. The lowest BCUT2D eigenvalue weighted by molar-refractivity contribution is -0.143. The molecule has 44 heavy (non-hydrogen) atoms. The predicted octanol–water partition coefficient (Wildman–Crippen LogP) is 7.25. The third-order valence-electron chi connectivity index (χ3n) is 8.51. The van der Waals surface area contributed by atoms with Crippen LogP contribution in [0.5, 0.6) is 0 Å². The van der Waals surface area contributed by atoms with E-state index in [0.717, 1.165) is 38.9 Å². The van der Waals surface area contributed by atoms with Crippen molar-refractivity contribution in [3.8, 4) is 11.1 Å². The zero-order chi connectivity index (χ0) is 30.5. The Balaban J connectivity index is 1.40. The van der Waals surface area contributed by atoms with Crippen molar-refractivity contribution >= 4 is 12.1 Å². The molecule has 1 aliphatic carbocycles. The Morgan fingerprint density at radius 2 is 1.11 bits per heavy atom. The van der Waals surface area contributed by atoms with E-state index in [2.05, 4.69) is 41.7 Å². The number of aliphatic carboxylic acids is 1. The lowest BCUT2D eigenvalue weighted by atomic mass is 9.77. The van der Waals surface area contributed by atoms with Crippen molar-refractivity contribution in [2.45, 2.75) is 24.0 Å². The number of hydrogen-bond acceptors (Lipinski definition) is 4. The number of carboxylic acid groups (broad SMARTS) is 1. The summed E-state index contributed by atoms with van der Waals surface area (Å²) in [4.78, 5) is 27.9. The van der Waals surface area contributed by atoms with Gasteiger partial charge in [-0.05, 0) is 51.9 Å². The maximum atomic E-state index is 13.5. The Labute approximate surface area is 257 Å². The Bertz CT molecular complexity index is 1600. The number of nitrogens with one attached hydrogen (secondary N) is 1. The zero-order valence-electron chi connectivity index (χ0n) is 24.5. The number of nitrogens with zero attached hydrogens (tertiary/aromatic N) is 1. The number of rotatable bonds is 10. The smallest absolute Gasteiger partial charge is 0.411 e. The van der Waals surface area contributed by atoms with Gasteiger partial charge in [-0.15, -0.1) is 0 Å². The average molecular weight is 583 g/mol. The van der Waals surface area contributed by atoms with Crippen LogP contribution in [0.2, 0.25) is 0 Å². The predicted molar refractivity (Wildman–Crippen MR) is 171 cm³/mol. The van der Waals surface area contributed by atoms with Gasteiger partial charge in [-0.3, -0.25) is 10.2 Å². The van der Waals surface area contributed by atoms with Gasteiger partial charge in [-0.2, -0.15) is 0 Å². The molecule has 0 spiro atoms. The number of hydrogen-bond donors (Lipinski definition) is 2. The molecule has 1 atom stereocenters. The maximum absolute atomic E-state index is 13.5. The van der Waals surface area contributed by atoms with Crippen molar-refractivity contribution in [3.63, 3.8) is 0 Å². The molecule has 0 aromatic heterocycles. The Morgan fingerprint density at radius 1 is 0.705 bits per heavy atom. The van der Waals surface area contributed by atoms with E-state index in [1.807, 2.05) is 103 Å². The van der Waals surface area contributed by atoms with E-state index in [-0.39, 0.29) is 6.42 Å². The second-order valence-corrected chi connectivity index (χ2v) is 10.9. The van der Waals surface area contributed by atoms with E-state index in [1.54, 1.807) is 0 Å². The lowest BCUT2D eigenvalue weighted by Crippen LogP contribution is -2.50. The highest BCUT2D eigenvalue weighted by Crippen LogP contribution is 2.47.